The van der Waals surface area contributed by atoms with Crippen LogP contribution in [0.1, 0.15) is 30.2 Å². The topological polar surface area (TPSA) is 86.3 Å². The van der Waals surface area contributed by atoms with E-state index in [1.807, 2.05) is 66.3 Å². The van der Waals surface area contributed by atoms with Crippen molar-refractivity contribution < 1.29 is 14.1 Å². The third-order valence-corrected chi connectivity index (χ3v) is 5.10. The fraction of sp³-hybridized carbons (Fsp3) is 0.273. The standard InChI is InChI=1S/C22H23N5O3/c1-15(26(3)22(28)13-29-12-21-24-16(2)25-30-21)17-8-10-18(11-9-17)27-14-23-19-6-4-5-7-20(19)27/h4-11,14-15H,12-13H2,1-3H3. The summed E-state index contributed by atoms with van der Waals surface area (Å²) in [6, 6.07) is 16.0. The molecule has 2 aromatic heterocycles. The Hall–Kier alpha value is -3.52. The molecule has 0 aliphatic heterocycles. The maximum atomic E-state index is 12.5. The summed E-state index contributed by atoms with van der Waals surface area (Å²) in [4.78, 5) is 22.6. The molecule has 8 nitrogen and oxygen atoms in total. The lowest BCUT2D eigenvalue weighted by molar-refractivity contribution is -0.137. The van der Waals surface area contributed by atoms with E-state index in [4.69, 9.17) is 9.26 Å². The van der Waals surface area contributed by atoms with Gasteiger partial charge >= 0.3 is 0 Å². The zero-order valence-electron chi connectivity index (χ0n) is 17.1. The minimum Gasteiger partial charge on any atom is -0.362 e. The van der Waals surface area contributed by atoms with Crippen molar-refractivity contribution in [3.63, 3.8) is 0 Å². The predicted molar refractivity (Wildman–Crippen MR) is 111 cm³/mol. The van der Waals surface area contributed by atoms with E-state index in [1.165, 1.54) is 0 Å². The van der Waals surface area contributed by atoms with Gasteiger partial charge in [0.25, 0.3) is 5.89 Å². The largest absolute Gasteiger partial charge is 0.362 e. The number of aromatic nitrogens is 4. The number of benzene rings is 2. The number of hydrogen-bond acceptors (Lipinski definition) is 6. The third kappa shape index (κ3) is 4.08. The van der Waals surface area contributed by atoms with E-state index in [2.05, 4.69) is 15.1 Å². The lowest BCUT2D eigenvalue weighted by Gasteiger charge is -2.25. The third-order valence-electron chi connectivity index (χ3n) is 5.10. The Labute approximate surface area is 174 Å². The molecule has 2 aromatic carbocycles. The molecule has 0 spiro atoms. The molecule has 30 heavy (non-hydrogen) atoms. The minimum absolute atomic E-state index is 0.0542. The quantitative estimate of drug-likeness (QED) is 0.468. The SMILES string of the molecule is Cc1noc(COCC(=O)N(C)C(C)c2ccc(-n3cnc4ccccc43)cc2)n1. The Morgan fingerprint density at radius 2 is 1.97 bits per heavy atom. The van der Waals surface area contributed by atoms with E-state index in [1.54, 1.807) is 18.9 Å². The van der Waals surface area contributed by atoms with E-state index in [9.17, 15) is 4.79 Å². The van der Waals surface area contributed by atoms with Gasteiger partial charge in [-0.3, -0.25) is 9.36 Å². The molecule has 1 unspecified atom stereocenters. The van der Waals surface area contributed by atoms with Crippen molar-refractivity contribution in [1.82, 2.24) is 24.6 Å². The summed E-state index contributed by atoms with van der Waals surface area (Å²) in [5.74, 6) is 0.778. The molecule has 4 rings (SSSR count). The summed E-state index contributed by atoms with van der Waals surface area (Å²) < 4.78 is 12.4. The fourth-order valence-corrected chi connectivity index (χ4v) is 3.24. The molecule has 0 radical (unpaired) electrons. The maximum absolute atomic E-state index is 12.5. The van der Waals surface area contributed by atoms with Crippen LogP contribution < -0.4 is 0 Å². The van der Waals surface area contributed by atoms with Crippen LogP contribution in [0.4, 0.5) is 0 Å². The molecule has 0 fully saturated rings. The van der Waals surface area contributed by atoms with Crippen molar-refractivity contribution in [2.75, 3.05) is 13.7 Å². The van der Waals surface area contributed by atoms with Gasteiger partial charge in [0.2, 0.25) is 5.91 Å². The Morgan fingerprint density at radius 3 is 2.70 bits per heavy atom. The maximum Gasteiger partial charge on any atom is 0.252 e. The molecular weight excluding hydrogens is 382 g/mol. The normalized spacial score (nSPS) is 12.2. The zero-order valence-corrected chi connectivity index (χ0v) is 17.1. The first-order valence-corrected chi connectivity index (χ1v) is 9.68. The van der Waals surface area contributed by atoms with Crippen LogP contribution in [-0.4, -0.2) is 44.2 Å². The Kier molecular flexibility index (Phi) is 5.58. The summed E-state index contributed by atoms with van der Waals surface area (Å²) in [7, 11) is 1.77. The molecule has 1 amide bonds. The van der Waals surface area contributed by atoms with Crippen LogP contribution in [0.3, 0.4) is 0 Å². The van der Waals surface area contributed by atoms with E-state index in [-0.39, 0.29) is 25.2 Å². The molecule has 154 valence electrons. The number of rotatable bonds is 7. The number of nitrogens with zero attached hydrogens (tertiary/aromatic N) is 5. The summed E-state index contributed by atoms with van der Waals surface area (Å²) in [6.45, 7) is 3.78. The summed E-state index contributed by atoms with van der Waals surface area (Å²) in [5, 5.41) is 3.69. The number of carbonyl (C=O) groups excluding carboxylic acids is 1. The molecule has 8 heteroatoms. The number of aryl methyl sites for hydroxylation is 1. The highest BCUT2D eigenvalue weighted by molar-refractivity contribution is 5.78. The van der Waals surface area contributed by atoms with Gasteiger partial charge in [-0.1, -0.05) is 29.4 Å². The van der Waals surface area contributed by atoms with Gasteiger partial charge in [0.1, 0.15) is 19.5 Å². The molecular formula is C22H23N5O3. The highest BCUT2D eigenvalue weighted by Crippen LogP contribution is 2.23. The molecule has 0 aliphatic carbocycles. The second-order valence-corrected chi connectivity index (χ2v) is 7.10. The van der Waals surface area contributed by atoms with Crippen molar-refractivity contribution in [1.29, 1.82) is 0 Å². The van der Waals surface area contributed by atoms with E-state index in [0.717, 1.165) is 22.3 Å². The number of amides is 1. The number of hydrogen-bond donors (Lipinski definition) is 0. The van der Waals surface area contributed by atoms with Gasteiger partial charge in [0, 0.05) is 12.7 Å². The van der Waals surface area contributed by atoms with E-state index >= 15 is 0 Å². The van der Waals surface area contributed by atoms with Gasteiger partial charge < -0.3 is 14.2 Å². The number of carbonyl (C=O) groups is 1. The number of para-hydroxylation sites is 2. The monoisotopic (exact) mass is 405 g/mol. The zero-order chi connectivity index (χ0) is 21.1. The number of ether oxygens (including phenoxy) is 1. The second-order valence-electron chi connectivity index (χ2n) is 7.10. The van der Waals surface area contributed by atoms with Gasteiger partial charge in [0.05, 0.1) is 17.1 Å². The smallest absolute Gasteiger partial charge is 0.252 e. The predicted octanol–water partition coefficient (Wildman–Crippen LogP) is 3.45. The molecule has 0 N–H and O–H groups in total. The summed E-state index contributed by atoms with van der Waals surface area (Å²) in [5.41, 5.74) is 4.06. The number of imidazole rings is 1. The van der Waals surface area contributed by atoms with Crippen LogP contribution in [-0.2, 0) is 16.1 Å². The van der Waals surface area contributed by atoms with Gasteiger partial charge in [-0.15, -0.1) is 0 Å². The van der Waals surface area contributed by atoms with Crippen molar-refractivity contribution >= 4 is 16.9 Å². The highest BCUT2D eigenvalue weighted by atomic mass is 16.5. The molecule has 4 aromatic rings. The second kappa shape index (κ2) is 8.46. The summed E-state index contributed by atoms with van der Waals surface area (Å²) in [6.07, 6.45) is 1.82. The van der Waals surface area contributed by atoms with Crippen molar-refractivity contribution in [3.05, 3.63) is 72.1 Å². The molecule has 1 atom stereocenters. The Morgan fingerprint density at radius 1 is 1.20 bits per heavy atom. The lowest BCUT2D eigenvalue weighted by atomic mass is 10.1. The van der Waals surface area contributed by atoms with Crippen LogP contribution in [0.2, 0.25) is 0 Å². The molecule has 0 saturated carbocycles. The van der Waals surface area contributed by atoms with Crippen LogP contribution in [0.5, 0.6) is 0 Å². The van der Waals surface area contributed by atoms with Crippen molar-refractivity contribution in [3.8, 4) is 5.69 Å². The average molecular weight is 405 g/mol. The van der Waals surface area contributed by atoms with Crippen LogP contribution in [0.15, 0.2) is 59.4 Å². The Balaban J connectivity index is 1.38. The van der Waals surface area contributed by atoms with Gasteiger partial charge in [-0.25, -0.2) is 4.98 Å². The van der Waals surface area contributed by atoms with Crippen molar-refractivity contribution in [2.24, 2.45) is 0 Å². The molecule has 0 saturated heterocycles. The lowest BCUT2D eigenvalue weighted by Crippen LogP contribution is -2.32. The first kappa shape index (κ1) is 19.8. The average Bonchev–Trinajstić information content (AvgIpc) is 3.39. The highest BCUT2D eigenvalue weighted by Gasteiger charge is 2.18. The summed E-state index contributed by atoms with van der Waals surface area (Å²) >= 11 is 0. The van der Waals surface area contributed by atoms with Crippen LogP contribution >= 0.6 is 0 Å². The van der Waals surface area contributed by atoms with Crippen LogP contribution in [0, 0.1) is 6.92 Å². The molecule has 2 heterocycles. The first-order chi connectivity index (χ1) is 14.5. The van der Waals surface area contributed by atoms with E-state index < -0.39 is 0 Å². The molecule has 0 bridgehead atoms. The fourth-order valence-electron chi connectivity index (χ4n) is 3.24. The van der Waals surface area contributed by atoms with Gasteiger partial charge in [-0.2, -0.15) is 4.98 Å². The Bertz CT molecular complexity index is 1150. The number of fused-ring (bicyclic) bond motifs is 1. The first-order valence-electron chi connectivity index (χ1n) is 9.68. The minimum atomic E-state index is -0.122. The van der Waals surface area contributed by atoms with Crippen LogP contribution in [0.25, 0.3) is 16.7 Å². The van der Waals surface area contributed by atoms with E-state index in [0.29, 0.717) is 11.7 Å². The van der Waals surface area contributed by atoms with Gasteiger partial charge in [0.15, 0.2) is 5.82 Å². The van der Waals surface area contributed by atoms with Gasteiger partial charge in [-0.05, 0) is 43.7 Å². The molecule has 0 aliphatic rings. The number of likely N-dealkylation sites (N-methyl/N-ethyl adjacent to an activating group) is 1. The van der Waals surface area contributed by atoms with Crippen molar-refractivity contribution in [2.45, 2.75) is 26.5 Å².